The summed E-state index contributed by atoms with van der Waals surface area (Å²) in [6.07, 6.45) is 1.14. The Morgan fingerprint density at radius 2 is 1.90 bits per heavy atom. The number of hydrogen-bond donors (Lipinski definition) is 1. The zero-order valence-electron chi connectivity index (χ0n) is 12.7. The maximum Gasteiger partial charge on any atom is 0.182 e. The van der Waals surface area contributed by atoms with Gasteiger partial charge in [0, 0.05) is 20.4 Å². The summed E-state index contributed by atoms with van der Waals surface area (Å²) in [5, 5.41) is 4.35. The summed E-state index contributed by atoms with van der Waals surface area (Å²) in [5.41, 5.74) is 8.18. The number of nitrogens with two attached hydrogens (primary N) is 1. The van der Waals surface area contributed by atoms with Crippen molar-refractivity contribution in [3.05, 3.63) is 35.4 Å². The first-order valence-corrected chi connectivity index (χ1v) is 8.39. The van der Waals surface area contributed by atoms with Crippen molar-refractivity contribution in [3.8, 4) is 0 Å². The van der Waals surface area contributed by atoms with Crippen molar-refractivity contribution in [2.75, 3.05) is 31.0 Å². The Bertz CT molecular complexity index is 763. The molecule has 0 unspecified atom stereocenters. The standard InChI is InChI=1S/C14H20N4O2S/c1-10-7-5-6-8-11(10)9-18-13(15)12(21(4,19)20)14(16-18)17(2)3/h5-8H,9,15H2,1-4H3. The topological polar surface area (TPSA) is 81.2 Å². The Hall–Kier alpha value is -2.02. The third-order valence-electron chi connectivity index (χ3n) is 3.31. The van der Waals surface area contributed by atoms with Crippen LogP contribution >= 0.6 is 0 Å². The molecular formula is C14H20N4O2S. The molecule has 0 atom stereocenters. The SMILES string of the molecule is Cc1ccccc1Cn1nc(N(C)C)c(S(C)(=O)=O)c1N. The quantitative estimate of drug-likeness (QED) is 0.920. The lowest BCUT2D eigenvalue weighted by Gasteiger charge is -2.09. The molecule has 0 amide bonds. The first kappa shape index (κ1) is 15.4. The van der Waals surface area contributed by atoms with Gasteiger partial charge in [0.1, 0.15) is 5.82 Å². The largest absolute Gasteiger partial charge is 0.383 e. The fraction of sp³-hybridized carbons (Fsp3) is 0.357. The molecular weight excluding hydrogens is 288 g/mol. The first-order valence-electron chi connectivity index (χ1n) is 6.50. The molecule has 7 heteroatoms. The van der Waals surface area contributed by atoms with Crippen LogP contribution in [-0.4, -0.2) is 38.5 Å². The second-order valence-corrected chi connectivity index (χ2v) is 7.24. The van der Waals surface area contributed by atoms with E-state index in [0.29, 0.717) is 12.4 Å². The maximum atomic E-state index is 12.0. The fourth-order valence-corrected chi connectivity index (χ4v) is 3.20. The van der Waals surface area contributed by atoms with Gasteiger partial charge in [0.2, 0.25) is 0 Å². The lowest BCUT2D eigenvalue weighted by Crippen LogP contribution is -2.13. The third-order valence-corrected chi connectivity index (χ3v) is 4.44. The summed E-state index contributed by atoms with van der Waals surface area (Å²) in [6, 6.07) is 7.87. The fourth-order valence-electron chi connectivity index (χ4n) is 2.16. The Kier molecular flexibility index (Phi) is 3.95. The predicted octanol–water partition coefficient (Wildman–Crippen LogP) is 1.29. The van der Waals surface area contributed by atoms with Crippen LogP contribution < -0.4 is 10.6 Å². The van der Waals surface area contributed by atoms with Crippen LogP contribution in [0.15, 0.2) is 29.2 Å². The van der Waals surface area contributed by atoms with Crippen LogP contribution in [0.2, 0.25) is 0 Å². The number of benzene rings is 1. The maximum absolute atomic E-state index is 12.0. The number of nitrogens with zero attached hydrogens (tertiary/aromatic N) is 3. The molecule has 6 nitrogen and oxygen atoms in total. The Labute approximate surface area is 125 Å². The molecule has 2 aromatic rings. The third kappa shape index (κ3) is 3.02. The molecule has 21 heavy (non-hydrogen) atoms. The van der Waals surface area contributed by atoms with E-state index in [1.165, 1.54) is 4.68 Å². The van der Waals surface area contributed by atoms with Crippen LogP contribution in [0.1, 0.15) is 11.1 Å². The number of hydrogen-bond acceptors (Lipinski definition) is 5. The summed E-state index contributed by atoms with van der Waals surface area (Å²) in [6.45, 7) is 2.44. The minimum absolute atomic E-state index is 0.0843. The zero-order chi connectivity index (χ0) is 15.8. The zero-order valence-corrected chi connectivity index (χ0v) is 13.5. The van der Waals surface area contributed by atoms with Crippen LogP contribution in [0.4, 0.5) is 11.6 Å². The Balaban J connectivity index is 2.54. The lowest BCUT2D eigenvalue weighted by molar-refractivity contribution is 0.602. The number of sulfone groups is 1. The molecule has 0 aliphatic rings. The van der Waals surface area contributed by atoms with Gasteiger partial charge in [0.05, 0.1) is 6.54 Å². The van der Waals surface area contributed by atoms with Crippen LogP contribution in [0.3, 0.4) is 0 Å². The monoisotopic (exact) mass is 308 g/mol. The van der Waals surface area contributed by atoms with E-state index in [1.807, 2.05) is 31.2 Å². The molecule has 114 valence electrons. The van der Waals surface area contributed by atoms with E-state index in [0.717, 1.165) is 17.4 Å². The molecule has 0 fully saturated rings. The van der Waals surface area contributed by atoms with Crippen molar-refractivity contribution < 1.29 is 8.42 Å². The Morgan fingerprint density at radius 1 is 1.29 bits per heavy atom. The highest BCUT2D eigenvalue weighted by Crippen LogP contribution is 2.29. The van der Waals surface area contributed by atoms with Crippen molar-refractivity contribution >= 4 is 21.5 Å². The molecule has 1 heterocycles. The normalized spacial score (nSPS) is 11.6. The van der Waals surface area contributed by atoms with Gasteiger partial charge in [-0.15, -0.1) is 0 Å². The summed E-state index contributed by atoms with van der Waals surface area (Å²) in [4.78, 5) is 1.74. The molecule has 0 saturated carbocycles. The van der Waals surface area contributed by atoms with Gasteiger partial charge in [0.25, 0.3) is 0 Å². The van der Waals surface area contributed by atoms with Crippen LogP contribution in [0.5, 0.6) is 0 Å². The van der Waals surface area contributed by atoms with Gasteiger partial charge in [-0.2, -0.15) is 5.10 Å². The molecule has 0 aliphatic heterocycles. The predicted molar refractivity (Wildman–Crippen MR) is 84.4 cm³/mol. The first-order chi connectivity index (χ1) is 9.71. The van der Waals surface area contributed by atoms with Crippen molar-refractivity contribution in [3.63, 3.8) is 0 Å². The van der Waals surface area contributed by atoms with Crippen molar-refractivity contribution in [1.82, 2.24) is 9.78 Å². The van der Waals surface area contributed by atoms with Gasteiger partial charge in [-0.3, -0.25) is 0 Å². The van der Waals surface area contributed by atoms with E-state index in [2.05, 4.69) is 5.10 Å². The molecule has 1 aromatic carbocycles. The molecule has 0 spiro atoms. The molecule has 0 bridgehead atoms. The average Bonchev–Trinajstić information content (AvgIpc) is 2.70. The highest BCUT2D eigenvalue weighted by Gasteiger charge is 2.25. The smallest absolute Gasteiger partial charge is 0.182 e. The summed E-state index contributed by atoms with van der Waals surface area (Å²) < 4.78 is 25.4. The average molecular weight is 308 g/mol. The van der Waals surface area contributed by atoms with Gasteiger partial charge in [0.15, 0.2) is 20.6 Å². The molecule has 0 aliphatic carbocycles. The van der Waals surface area contributed by atoms with E-state index in [9.17, 15) is 8.42 Å². The van der Waals surface area contributed by atoms with Gasteiger partial charge >= 0.3 is 0 Å². The van der Waals surface area contributed by atoms with Gasteiger partial charge in [-0.05, 0) is 18.1 Å². The number of rotatable bonds is 4. The number of nitrogen functional groups attached to an aromatic ring is 1. The minimum Gasteiger partial charge on any atom is -0.383 e. The molecule has 1 aromatic heterocycles. The van der Waals surface area contributed by atoms with Crippen LogP contribution in [-0.2, 0) is 16.4 Å². The van der Waals surface area contributed by atoms with Crippen molar-refractivity contribution in [2.45, 2.75) is 18.4 Å². The van der Waals surface area contributed by atoms with Gasteiger partial charge in [-0.25, -0.2) is 13.1 Å². The number of aryl methyl sites for hydroxylation is 1. The minimum atomic E-state index is -3.44. The summed E-state index contributed by atoms with van der Waals surface area (Å²) in [5.74, 6) is 0.535. The molecule has 0 radical (unpaired) electrons. The van der Waals surface area contributed by atoms with E-state index < -0.39 is 9.84 Å². The molecule has 2 rings (SSSR count). The Morgan fingerprint density at radius 3 is 2.38 bits per heavy atom. The van der Waals surface area contributed by atoms with E-state index >= 15 is 0 Å². The summed E-state index contributed by atoms with van der Waals surface area (Å²) in [7, 11) is 0.0485. The van der Waals surface area contributed by atoms with E-state index in [4.69, 9.17) is 5.73 Å². The van der Waals surface area contributed by atoms with E-state index in [-0.39, 0.29) is 10.7 Å². The highest BCUT2D eigenvalue weighted by atomic mass is 32.2. The molecule has 0 saturated heterocycles. The lowest BCUT2D eigenvalue weighted by atomic mass is 10.1. The summed E-state index contributed by atoms with van der Waals surface area (Å²) >= 11 is 0. The van der Waals surface area contributed by atoms with Gasteiger partial charge in [-0.1, -0.05) is 24.3 Å². The second kappa shape index (κ2) is 5.40. The van der Waals surface area contributed by atoms with E-state index in [1.54, 1.807) is 19.0 Å². The van der Waals surface area contributed by atoms with Crippen LogP contribution in [0.25, 0.3) is 0 Å². The number of aromatic nitrogens is 2. The van der Waals surface area contributed by atoms with Gasteiger partial charge < -0.3 is 10.6 Å². The van der Waals surface area contributed by atoms with Crippen molar-refractivity contribution in [1.29, 1.82) is 0 Å². The van der Waals surface area contributed by atoms with Crippen LogP contribution in [0, 0.1) is 6.92 Å². The number of anilines is 2. The molecule has 2 N–H and O–H groups in total. The second-order valence-electron chi connectivity index (χ2n) is 5.29. The van der Waals surface area contributed by atoms with Crippen molar-refractivity contribution in [2.24, 2.45) is 0 Å². The highest BCUT2D eigenvalue weighted by molar-refractivity contribution is 7.91.